The molecule has 3 nitrogen and oxygen atoms in total. The number of benzene rings is 1. The van der Waals surface area contributed by atoms with Crippen LogP contribution in [0.4, 0.5) is 0 Å². The predicted octanol–water partition coefficient (Wildman–Crippen LogP) is 3.65. The standard InChI is InChI=1S/C14H17ClN2OS.C2H6/c15-12-4-2-1-3-10(12)7-17-14-9-19-6-5-11(14)13(16)8-18;1-2/h1-4,18H,5-9,16H2;1-2H3/b13-11-,17-14?;. The predicted molar refractivity (Wildman–Crippen MR) is 94.2 cm³/mol. The highest BCUT2D eigenvalue weighted by molar-refractivity contribution is 8.00. The summed E-state index contributed by atoms with van der Waals surface area (Å²) in [6.45, 7) is 4.45. The molecule has 1 saturated heterocycles. The van der Waals surface area contributed by atoms with Crippen LogP contribution >= 0.6 is 23.4 Å². The summed E-state index contributed by atoms with van der Waals surface area (Å²) < 4.78 is 0. The molecule has 1 fully saturated rings. The van der Waals surface area contributed by atoms with Gasteiger partial charge in [0.05, 0.1) is 18.9 Å². The number of rotatable bonds is 3. The number of aliphatic imine (C=N–C) groups is 1. The minimum Gasteiger partial charge on any atom is -0.400 e. The molecular weight excluding hydrogens is 304 g/mol. The number of hydrogen-bond donors (Lipinski definition) is 2. The van der Waals surface area contributed by atoms with E-state index < -0.39 is 0 Å². The Balaban J connectivity index is 0.00000106. The van der Waals surface area contributed by atoms with Crippen LogP contribution in [0.5, 0.6) is 0 Å². The van der Waals surface area contributed by atoms with Gasteiger partial charge in [0.2, 0.25) is 0 Å². The number of hydrogen-bond acceptors (Lipinski definition) is 4. The maximum atomic E-state index is 9.17. The van der Waals surface area contributed by atoms with Crippen LogP contribution in [-0.2, 0) is 6.54 Å². The molecule has 0 bridgehead atoms. The minimum absolute atomic E-state index is 0.106. The molecular formula is C16H23ClN2OS. The van der Waals surface area contributed by atoms with Crippen molar-refractivity contribution in [1.29, 1.82) is 0 Å². The molecule has 0 radical (unpaired) electrons. The van der Waals surface area contributed by atoms with Crippen molar-refractivity contribution in [2.75, 3.05) is 18.1 Å². The zero-order valence-corrected chi connectivity index (χ0v) is 14.2. The van der Waals surface area contributed by atoms with Crippen LogP contribution in [0.25, 0.3) is 0 Å². The highest BCUT2D eigenvalue weighted by atomic mass is 35.5. The van der Waals surface area contributed by atoms with E-state index in [0.717, 1.165) is 39.8 Å². The molecule has 1 aromatic carbocycles. The van der Waals surface area contributed by atoms with Crippen LogP contribution in [-0.4, -0.2) is 28.9 Å². The lowest BCUT2D eigenvalue weighted by molar-refractivity contribution is 0.328. The average molecular weight is 327 g/mol. The van der Waals surface area contributed by atoms with Crippen molar-refractivity contribution in [3.63, 3.8) is 0 Å². The highest BCUT2D eigenvalue weighted by Crippen LogP contribution is 2.23. The van der Waals surface area contributed by atoms with Crippen LogP contribution in [0, 0.1) is 0 Å². The van der Waals surface area contributed by atoms with E-state index >= 15 is 0 Å². The quantitative estimate of drug-likeness (QED) is 0.891. The second-order valence-corrected chi connectivity index (χ2v) is 5.83. The largest absolute Gasteiger partial charge is 0.400 e. The molecule has 1 aromatic rings. The number of nitrogens with zero attached hydrogens (tertiary/aromatic N) is 1. The summed E-state index contributed by atoms with van der Waals surface area (Å²) in [6, 6.07) is 7.70. The summed E-state index contributed by atoms with van der Waals surface area (Å²) in [6.07, 6.45) is 0.873. The summed E-state index contributed by atoms with van der Waals surface area (Å²) in [5.41, 5.74) is 9.40. The van der Waals surface area contributed by atoms with Crippen LogP contribution < -0.4 is 5.73 Å². The first-order valence-electron chi connectivity index (χ1n) is 7.15. The van der Waals surface area contributed by atoms with E-state index in [1.54, 1.807) is 0 Å². The maximum absolute atomic E-state index is 9.17. The molecule has 0 amide bonds. The highest BCUT2D eigenvalue weighted by Gasteiger charge is 2.16. The molecule has 21 heavy (non-hydrogen) atoms. The molecule has 116 valence electrons. The summed E-state index contributed by atoms with van der Waals surface area (Å²) in [7, 11) is 0. The van der Waals surface area contributed by atoms with Gasteiger partial charge in [0.1, 0.15) is 0 Å². The van der Waals surface area contributed by atoms with E-state index in [1.165, 1.54) is 0 Å². The summed E-state index contributed by atoms with van der Waals surface area (Å²) in [4.78, 5) is 4.63. The number of thioether (sulfide) groups is 1. The van der Waals surface area contributed by atoms with Crippen LogP contribution in [0.15, 0.2) is 40.5 Å². The molecule has 0 unspecified atom stereocenters. The van der Waals surface area contributed by atoms with E-state index in [0.29, 0.717) is 12.2 Å². The van der Waals surface area contributed by atoms with Gasteiger partial charge in [-0.3, -0.25) is 4.99 Å². The first kappa shape index (κ1) is 18.1. The van der Waals surface area contributed by atoms with Crippen molar-refractivity contribution in [1.82, 2.24) is 0 Å². The Bertz CT molecular complexity index is 515. The molecule has 1 aliphatic rings. The third kappa shape index (κ3) is 5.38. The van der Waals surface area contributed by atoms with Gasteiger partial charge in [0.15, 0.2) is 0 Å². The lowest BCUT2D eigenvalue weighted by atomic mass is 10.1. The van der Waals surface area contributed by atoms with Gasteiger partial charge in [-0.15, -0.1) is 0 Å². The Hall–Kier alpha value is -0.970. The van der Waals surface area contributed by atoms with Gasteiger partial charge < -0.3 is 10.8 Å². The molecule has 0 spiro atoms. The fraction of sp³-hybridized carbons (Fsp3) is 0.438. The Kier molecular flexibility index (Phi) is 8.50. The average Bonchev–Trinajstić information content (AvgIpc) is 2.55. The zero-order valence-electron chi connectivity index (χ0n) is 12.6. The molecule has 0 atom stereocenters. The van der Waals surface area contributed by atoms with Gasteiger partial charge in [-0.25, -0.2) is 0 Å². The van der Waals surface area contributed by atoms with E-state index in [9.17, 15) is 0 Å². The minimum atomic E-state index is -0.106. The second-order valence-electron chi connectivity index (χ2n) is 4.32. The van der Waals surface area contributed by atoms with Gasteiger partial charge in [-0.2, -0.15) is 11.8 Å². The van der Waals surface area contributed by atoms with Crippen molar-refractivity contribution in [2.24, 2.45) is 10.7 Å². The van der Waals surface area contributed by atoms with E-state index in [2.05, 4.69) is 4.99 Å². The van der Waals surface area contributed by atoms with Gasteiger partial charge >= 0.3 is 0 Å². The molecule has 2 rings (SSSR count). The van der Waals surface area contributed by atoms with Crippen molar-refractivity contribution < 1.29 is 5.11 Å². The smallest absolute Gasteiger partial charge is 0.0828 e. The SMILES string of the molecule is CC.N/C(CO)=C1/CCSCC1=NCc1ccccc1Cl. The van der Waals surface area contributed by atoms with Gasteiger partial charge in [-0.1, -0.05) is 43.6 Å². The second kappa shape index (κ2) is 9.87. The molecule has 5 heteroatoms. The first-order valence-corrected chi connectivity index (χ1v) is 8.69. The van der Waals surface area contributed by atoms with Crippen molar-refractivity contribution in [2.45, 2.75) is 26.8 Å². The number of allylic oxidation sites excluding steroid dienone is 1. The van der Waals surface area contributed by atoms with Crippen molar-refractivity contribution in [3.05, 3.63) is 46.1 Å². The van der Waals surface area contributed by atoms with Gasteiger partial charge in [0.25, 0.3) is 0 Å². The monoisotopic (exact) mass is 326 g/mol. The zero-order chi connectivity index (χ0) is 15.7. The van der Waals surface area contributed by atoms with Gasteiger partial charge in [0, 0.05) is 16.5 Å². The van der Waals surface area contributed by atoms with E-state index in [-0.39, 0.29) is 6.61 Å². The third-order valence-corrected chi connectivity index (χ3v) is 4.38. The molecule has 1 aliphatic heterocycles. The Morgan fingerprint density at radius 2 is 2.10 bits per heavy atom. The third-order valence-electron chi connectivity index (χ3n) is 3.04. The Morgan fingerprint density at radius 1 is 1.38 bits per heavy atom. The summed E-state index contributed by atoms with van der Waals surface area (Å²) >= 11 is 7.96. The molecule has 3 N–H and O–H groups in total. The number of halogens is 1. The maximum Gasteiger partial charge on any atom is 0.0828 e. The molecule has 1 heterocycles. The number of aliphatic hydroxyl groups excluding tert-OH is 1. The van der Waals surface area contributed by atoms with Crippen LogP contribution in [0.1, 0.15) is 25.8 Å². The normalized spacial score (nSPS) is 19.0. The lowest BCUT2D eigenvalue weighted by Crippen LogP contribution is -2.20. The Morgan fingerprint density at radius 3 is 2.76 bits per heavy atom. The van der Waals surface area contributed by atoms with Crippen LogP contribution in [0.2, 0.25) is 5.02 Å². The van der Waals surface area contributed by atoms with Crippen molar-refractivity contribution in [3.8, 4) is 0 Å². The van der Waals surface area contributed by atoms with E-state index in [4.69, 9.17) is 22.4 Å². The fourth-order valence-electron chi connectivity index (χ4n) is 1.96. The number of aliphatic hydroxyl groups is 1. The van der Waals surface area contributed by atoms with Crippen molar-refractivity contribution >= 4 is 29.1 Å². The summed E-state index contributed by atoms with van der Waals surface area (Å²) in [5.74, 6) is 1.88. The molecule has 0 aliphatic carbocycles. The molecule has 0 saturated carbocycles. The van der Waals surface area contributed by atoms with Gasteiger partial charge in [-0.05, 0) is 29.4 Å². The number of nitrogens with two attached hydrogens (primary N) is 1. The Labute approximate surface area is 136 Å². The first-order chi connectivity index (χ1) is 10.2. The topological polar surface area (TPSA) is 58.6 Å². The molecule has 0 aromatic heterocycles. The van der Waals surface area contributed by atoms with E-state index in [1.807, 2.05) is 49.9 Å². The summed E-state index contributed by atoms with van der Waals surface area (Å²) in [5, 5.41) is 9.90. The lowest BCUT2D eigenvalue weighted by Gasteiger charge is -2.19. The van der Waals surface area contributed by atoms with Crippen LogP contribution in [0.3, 0.4) is 0 Å². The fourth-order valence-corrected chi connectivity index (χ4v) is 3.11.